The van der Waals surface area contributed by atoms with E-state index < -0.39 is 6.09 Å². The van der Waals surface area contributed by atoms with Gasteiger partial charge in [-0.25, -0.2) is 14.7 Å². The van der Waals surface area contributed by atoms with Crippen LogP contribution in [0.2, 0.25) is 0 Å². The highest BCUT2D eigenvalue weighted by atomic mass is 32.1. The molecule has 3 rings (SSSR count). The lowest BCUT2D eigenvalue weighted by Crippen LogP contribution is -2.38. The van der Waals surface area contributed by atoms with Crippen molar-refractivity contribution < 1.29 is 14.3 Å². The first-order valence-electron chi connectivity index (χ1n) is 12.2. The van der Waals surface area contributed by atoms with Crippen LogP contribution in [-0.2, 0) is 9.53 Å². The third-order valence-electron chi connectivity index (χ3n) is 6.32. The van der Waals surface area contributed by atoms with E-state index >= 15 is 0 Å². The van der Waals surface area contributed by atoms with Crippen LogP contribution in [-0.4, -0.2) is 28.5 Å². The smallest absolute Gasteiger partial charge is 0.417 e. The van der Waals surface area contributed by atoms with E-state index in [1.807, 2.05) is 44.2 Å². The molecule has 1 aliphatic heterocycles. The Hall–Kier alpha value is -2.73. The molecule has 2 heterocycles. The number of nitrogens with zero attached hydrogens (tertiary/aromatic N) is 2. The molecule has 34 heavy (non-hydrogen) atoms. The number of carbonyl (C=O) groups is 2. The minimum absolute atomic E-state index is 0.112. The molecule has 1 aromatic carbocycles. The molecular formula is C28H36N2O3S. The zero-order valence-corrected chi connectivity index (χ0v) is 21.6. The molecule has 6 heteroatoms. The molecule has 5 nitrogen and oxygen atoms in total. The second-order valence-corrected chi connectivity index (χ2v) is 10.1. The molecule has 1 aliphatic rings. The van der Waals surface area contributed by atoms with Gasteiger partial charge < -0.3 is 4.74 Å². The van der Waals surface area contributed by atoms with Crippen LogP contribution in [0.3, 0.4) is 0 Å². The number of aryl methyl sites for hydroxylation is 1. The molecule has 2 aromatic rings. The summed E-state index contributed by atoms with van der Waals surface area (Å²) in [6, 6.07) is 9.32. The number of hydrogen-bond donors (Lipinski definition) is 0. The molecule has 1 saturated heterocycles. The molecule has 2 amide bonds. The number of thiazole rings is 1. The monoisotopic (exact) mass is 480 g/mol. The van der Waals surface area contributed by atoms with Crippen molar-refractivity contribution in [3.05, 3.63) is 69.2 Å². The van der Waals surface area contributed by atoms with Gasteiger partial charge in [0.15, 0.2) is 0 Å². The molecule has 1 aromatic heterocycles. The standard InChI is InChI=1S/C28H36N2O3S/c1-5-23(27(31)30-26(18-33-28(30)32)24-14-7-6-8-15-24)16-10-12-20(2)11-9-13-21(3)17-25-19-34-22(4)29-25/h6-8,11,14-15,17,19,23,26H,5,9-10,12-13,16,18H2,1-4H3/b20-11-,21-17+. The molecule has 0 aliphatic carbocycles. The maximum atomic E-state index is 13.2. The zero-order valence-electron chi connectivity index (χ0n) is 20.8. The lowest BCUT2D eigenvalue weighted by Gasteiger charge is -2.24. The van der Waals surface area contributed by atoms with Gasteiger partial charge in [-0.05, 0) is 70.9 Å². The summed E-state index contributed by atoms with van der Waals surface area (Å²) in [5, 5.41) is 3.19. The van der Waals surface area contributed by atoms with Gasteiger partial charge in [-0.1, -0.05) is 54.5 Å². The summed E-state index contributed by atoms with van der Waals surface area (Å²) in [5.74, 6) is -0.282. The average Bonchev–Trinajstić information content (AvgIpc) is 3.41. The Morgan fingerprint density at radius 1 is 1.24 bits per heavy atom. The van der Waals surface area contributed by atoms with Gasteiger partial charge in [-0.3, -0.25) is 4.79 Å². The summed E-state index contributed by atoms with van der Waals surface area (Å²) in [7, 11) is 0. The SMILES string of the molecule is CCC(CCC/C(C)=C\CC/C(C)=C/c1csc(C)n1)C(=O)N1C(=O)OCC1c1ccccc1. The summed E-state index contributed by atoms with van der Waals surface area (Å²) in [6.07, 6.45) is 9.34. The number of allylic oxidation sites excluding steroid dienone is 3. The van der Waals surface area contributed by atoms with Crippen LogP contribution in [0.5, 0.6) is 0 Å². The van der Waals surface area contributed by atoms with Crippen LogP contribution in [0, 0.1) is 12.8 Å². The number of carbonyl (C=O) groups excluding carboxylic acids is 2. The third-order valence-corrected chi connectivity index (χ3v) is 7.11. The maximum Gasteiger partial charge on any atom is 0.417 e. The molecule has 0 saturated carbocycles. The molecule has 182 valence electrons. The summed E-state index contributed by atoms with van der Waals surface area (Å²) < 4.78 is 5.24. The van der Waals surface area contributed by atoms with E-state index in [4.69, 9.17) is 4.74 Å². The Morgan fingerprint density at radius 3 is 2.68 bits per heavy atom. The van der Waals surface area contributed by atoms with Gasteiger partial charge in [0.1, 0.15) is 12.6 Å². The van der Waals surface area contributed by atoms with Gasteiger partial charge in [-0.15, -0.1) is 11.3 Å². The van der Waals surface area contributed by atoms with Crippen molar-refractivity contribution in [1.82, 2.24) is 9.88 Å². The summed E-state index contributed by atoms with van der Waals surface area (Å²) in [4.78, 5) is 31.4. The van der Waals surface area contributed by atoms with Crippen LogP contribution in [0.1, 0.15) is 81.6 Å². The van der Waals surface area contributed by atoms with Crippen molar-refractivity contribution in [3.63, 3.8) is 0 Å². The highest BCUT2D eigenvalue weighted by molar-refractivity contribution is 7.09. The van der Waals surface area contributed by atoms with Crippen LogP contribution in [0.4, 0.5) is 4.79 Å². The normalized spacial score (nSPS) is 17.7. The fraction of sp³-hybridized carbons (Fsp3) is 0.464. The number of amides is 2. The van der Waals surface area contributed by atoms with Crippen molar-refractivity contribution in [3.8, 4) is 0 Å². The molecule has 1 fully saturated rings. The lowest BCUT2D eigenvalue weighted by molar-refractivity contribution is -0.133. The predicted molar refractivity (Wildman–Crippen MR) is 139 cm³/mol. The summed E-state index contributed by atoms with van der Waals surface area (Å²) >= 11 is 1.68. The van der Waals surface area contributed by atoms with E-state index in [2.05, 4.69) is 36.4 Å². The largest absolute Gasteiger partial charge is 0.446 e. The molecule has 0 bridgehead atoms. The molecule has 0 spiro atoms. The van der Waals surface area contributed by atoms with Crippen LogP contribution in [0.15, 0.2) is 52.9 Å². The number of benzene rings is 1. The van der Waals surface area contributed by atoms with E-state index in [-0.39, 0.29) is 24.5 Å². The van der Waals surface area contributed by atoms with Crippen molar-refractivity contribution in [1.29, 1.82) is 0 Å². The third kappa shape index (κ3) is 7.13. The first-order chi connectivity index (χ1) is 16.4. The van der Waals surface area contributed by atoms with Gasteiger partial charge in [0, 0.05) is 11.3 Å². The maximum absolute atomic E-state index is 13.2. The number of cyclic esters (lactones) is 1. The Labute approximate surface area is 207 Å². The second-order valence-electron chi connectivity index (χ2n) is 9.08. The Balaban J connectivity index is 1.48. The van der Waals surface area contributed by atoms with Crippen molar-refractivity contribution >= 4 is 29.4 Å². The minimum Gasteiger partial charge on any atom is -0.446 e. The van der Waals surface area contributed by atoms with Gasteiger partial charge in [-0.2, -0.15) is 0 Å². The molecule has 2 atom stereocenters. The predicted octanol–water partition coefficient (Wildman–Crippen LogP) is 7.50. The number of rotatable bonds is 11. The zero-order chi connectivity index (χ0) is 24.5. The van der Waals surface area contributed by atoms with Crippen LogP contribution >= 0.6 is 11.3 Å². The van der Waals surface area contributed by atoms with Crippen LogP contribution < -0.4 is 0 Å². The number of imide groups is 1. The van der Waals surface area contributed by atoms with Gasteiger partial charge in [0.05, 0.1) is 10.7 Å². The van der Waals surface area contributed by atoms with E-state index in [1.54, 1.807) is 11.3 Å². The first kappa shape index (κ1) is 25.9. The first-order valence-corrected chi connectivity index (χ1v) is 13.1. The topological polar surface area (TPSA) is 59.5 Å². The average molecular weight is 481 g/mol. The van der Waals surface area contributed by atoms with Crippen LogP contribution in [0.25, 0.3) is 6.08 Å². The Kier molecular flexibility index (Phi) is 9.63. The van der Waals surface area contributed by atoms with Crippen molar-refractivity contribution in [2.24, 2.45) is 5.92 Å². The number of ether oxygens (including phenoxy) is 1. The summed E-state index contributed by atoms with van der Waals surface area (Å²) in [5.41, 5.74) is 4.66. The minimum atomic E-state index is -0.524. The summed E-state index contributed by atoms with van der Waals surface area (Å²) in [6.45, 7) is 8.58. The van der Waals surface area contributed by atoms with Crippen molar-refractivity contribution in [2.75, 3.05) is 6.61 Å². The fourth-order valence-electron chi connectivity index (χ4n) is 4.33. The second kappa shape index (κ2) is 12.7. The van der Waals surface area contributed by atoms with Crippen molar-refractivity contribution in [2.45, 2.75) is 72.3 Å². The van der Waals surface area contributed by atoms with E-state index in [0.717, 1.165) is 48.4 Å². The van der Waals surface area contributed by atoms with Gasteiger partial charge >= 0.3 is 6.09 Å². The molecule has 2 unspecified atom stereocenters. The van der Waals surface area contributed by atoms with Gasteiger partial charge in [0.25, 0.3) is 0 Å². The lowest BCUT2D eigenvalue weighted by atomic mass is 9.94. The molecular weight excluding hydrogens is 444 g/mol. The fourth-order valence-corrected chi connectivity index (χ4v) is 4.90. The Bertz CT molecular complexity index is 1030. The van der Waals surface area contributed by atoms with E-state index in [0.29, 0.717) is 6.42 Å². The molecule has 0 radical (unpaired) electrons. The molecule has 0 N–H and O–H groups in total. The van der Waals surface area contributed by atoms with E-state index in [1.165, 1.54) is 16.0 Å². The van der Waals surface area contributed by atoms with Gasteiger partial charge in [0.2, 0.25) is 5.91 Å². The quantitative estimate of drug-likeness (QED) is 0.312. The highest BCUT2D eigenvalue weighted by Gasteiger charge is 2.40. The number of aromatic nitrogens is 1. The van der Waals surface area contributed by atoms with E-state index in [9.17, 15) is 9.59 Å². The highest BCUT2D eigenvalue weighted by Crippen LogP contribution is 2.31. The Morgan fingerprint density at radius 2 is 2.00 bits per heavy atom. The number of hydrogen-bond acceptors (Lipinski definition) is 5.